The second-order valence-electron chi connectivity index (χ2n) is 9.56. The highest BCUT2D eigenvalue weighted by atomic mass is 32.2. The van der Waals surface area contributed by atoms with Gasteiger partial charge in [0.25, 0.3) is 5.91 Å². The van der Waals surface area contributed by atoms with E-state index < -0.39 is 0 Å². The number of pyridine rings is 1. The fourth-order valence-electron chi connectivity index (χ4n) is 3.56. The lowest BCUT2D eigenvalue weighted by Crippen LogP contribution is -2.21. The number of amides is 1. The van der Waals surface area contributed by atoms with Crippen molar-refractivity contribution >= 4 is 23.4 Å². The van der Waals surface area contributed by atoms with Crippen LogP contribution in [0.2, 0.25) is 0 Å². The van der Waals surface area contributed by atoms with Gasteiger partial charge in [-0.15, -0.1) is 10.2 Å². The maximum atomic E-state index is 12.5. The molecule has 1 amide bonds. The Morgan fingerprint density at radius 2 is 1.64 bits per heavy atom. The summed E-state index contributed by atoms with van der Waals surface area (Å²) >= 11 is 1.32. The molecular weight excluding hydrogens is 468 g/mol. The fourth-order valence-corrected chi connectivity index (χ4v) is 4.31. The van der Waals surface area contributed by atoms with Gasteiger partial charge in [0.05, 0.1) is 11.5 Å². The summed E-state index contributed by atoms with van der Waals surface area (Å²) in [6.07, 6.45) is 3.39. The van der Waals surface area contributed by atoms with E-state index in [9.17, 15) is 4.79 Å². The molecule has 0 atom stereocenters. The van der Waals surface area contributed by atoms with Crippen molar-refractivity contribution in [3.63, 3.8) is 0 Å². The number of nitrogens with one attached hydrogen (secondary N) is 1. The second kappa shape index (κ2) is 10.9. The molecule has 0 saturated carbocycles. The van der Waals surface area contributed by atoms with E-state index in [1.165, 1.54) is 22.9 Å². The zero-order valence-electron chi connectivity index (χ0n) is 21.2. The summed E-state index contributed by atoms with van der Waals surface area (Å²) in [5.74, 6) is 0.664. The fraction of sp³-hybridized carbons (Fsp3) is 0.250. The lowest BCUT2D eigenvalue weighted by molar-refractivity contribution is -0.118. The predicted octanol–water partition coefficient (Wildman–Crippen LogP) is 5.57. The molecule has 4 aromatic rings. The lowest BCUT2D eigenvalue weighted by Gasteiger charge is -2.19. The first-order valence-corrected chi connectivity index (χ1v) is 12.7. The van der Waals surface area contributed by atoms with Gasteiger partial charge in [0.15, 0.2) is 11.0 Å². The van der Waals surface area contributed by atoms with Crippen LogP contribution in [0.3, 0.4) is 0 Å². The van der Waals surface area contributed by atoms with Crippen molar-refractivity contribution < 1.29 is 4.79 Å². The molecular formula is C28H30N6OS. The summed E-state index contributed by atoms with van der Waals surface area (Å²) in [4.78, 5) is 16.5. The van der Waals surface area contributed by atoms with Gasteiger partial charge in [0, 0.05) is 29.2 Å². The molecule has 2 aromatic heterocycles. The van der Waals surface area contributed by atoms with E-state index in [2.05, 4.69) is 89.8 Å². The Balaban J connectivity index is 1.56. The molecule has 0 bridgehead atoms. The van der Waals surface area contributed by atoms with Gasteiger partial charge in [-0.3, -0.25) is 14.3 Å². The normalized spacial score (nSPS) is 12.0. The third-order valence-corrected chi connectivity index (χ3v) is 6.64. The van der Waals surface area contributed by atoms with E-state index in [0.29, 0.717) is 10.9 Å². The minimum absolute atomic E-state index is 0.0652. The van der Waals surface area contributed by atoms with Gasteiger partial charge in [-0.05, 0) is 49.1 Å². The number of carbonyl (C=O) groups excluding carboxylic acids is 1. The van der Waals surface area contributed by atoms with Crippen LogP contribution in [0.4, 0.5) is 0 Å². The average molecular weight is 499 g/mol. The van der Waals surface area contributed by atoms with Crippen molar-refractivity contribution in [2.75, 3.05) is 5.75 Å². The molecule has 4 rings (SSSR count). The highest BCUT2D eigenvalue weighted by Gasteiger charge is 2.19. The molecule has 0 unspecified atom stereocenters. The van der Waals surface area contributed by atoms with Gasteiger partial charge in [-0.1, -0.05) is 74.5 Å². The molecule has 7 nitrogen and oxygen atoms in total. The van der Waals surface area contributed by atoms with E-state index >= 15 is 0 Å². The first-order valence-electron chi connectivity index (χ1n) is 11.7. The number of aryl methyl sites for hydroxylation is 1. The average Bonchev–Trinajstić information content (AvgIpc) is 3.30. The number of carbonyl (C=O) groups is 1. The molecule has 0 aliphatic carbocycles. The van der Waals surface area contributed by atoms with Crippen LogP contribution < -0.4 is 5.43 Å². The van der Waals surface area contributed by atoms with Crippen molar-refractivity contribution in [2.45, 2.75) is 45.2 Å². The standard InChI is InChI=1S/C28H30N6OS/c1-19-6-12-24(13-7-19)34-26(22-8-10-23(11-9-22)28(3,4)5)32-33-27(34)36-18-25(35)31-30-20(2)21-14-16-29-17-15-21/h6-17H,18H2,1-5H3,(H,31,35)/b30-20-. The summed E-state index contributed by atoms with van der Waals surface area (Å²) < 4.78 is 2.00. The topological polar surface area (TPSA) is 85.1 Å². The van der Waals surface area contributed by atoms with Crippen LogP contribution in [-0.4, -0.2) is 37.1 Å². The first-order chi connectivity index (χ1) is 17.2. The molecule has 0 radical (unpaired) electrons. The lowest BCUT2D eigenvalue weighted by atomic mass is 9.87. The van der Waals surface area contributed by atoms with Crippen molar-refractivity contribution in [1.29, 1.82) is 0 Å². The molecule has 0 aliphatic heterocycles. The summed E-state index contributed by atoms with van der Waals surface area (Å²) in [6.45, 7) is 10.5. The molecule has 36 heavy (non-hydrogen) atoms. The summed E-state index contributed by atoms with van der Waals surface area (Å²) in [5.41, 5.74) is 8.62. The SMILES string of the molecule is C/C(=N/NC(=O)CSc1nnc(-c2ccc(C(C)(C)C)cc2)n1-c1ccc(C)cc1)c1ccncc1. The number of thioether (sulfide) groups is 1. The third kappa shape index (κ3) is 6.07. The monoisotopic (exact) mass is 498 g/mol. The number of aromatic nitrogens is 4. The molecule has 0 aliphatic rings. The van der Waals surface area contributed by atoms with Crippen LogP contribution in [0.25, 0.3) is 17.1 Å². The van der Waals surface area contributed by atoms with Crippen molar-refractivity contribution in [3.05, 3.63) is 89.7 Å². The molecule has 0 saturated heterocycles. The maximum Gasteiger partial charge on any atom is 0.250 e. The maximum absolute atomic E-state index is 12.5. The van der Waals surface area contributed by atoms with Gasteiger partial charge in [-0.2, -0.15) is 5.10 Å². The van der Waals surface area contributed by atoms with Crippen LogP contribution >= 0.6 is 11.8 Å². The Labute approximate surface area is 216 Å². The van der Waals surface area contributed by atoms with E-state index in [1.807, 2.05) is 35.8 Å². The molecule has 0 spiro atoms. The number of hydrogen-bond donors (Lipinski definition) is 1. The van der Waals surface area contributed by atoms with Crippen LogP contribution in [0.1, 0.15) is 44.4 Å². The molecule has 8 heteroatoms. The van der Waals surface area contributed by atoms with Crippen molar-refractivity contribution in [3.8, 4) is 17.1 Å². The molecule has 1 N–H and O–H groups in total. The third-order valence-electron chi connectivity index (χ3n) is 5.71. The van der Waals surface area contributed by atoms with E-state index in [1.54, 1.807) is 12.4 Å². The number of hydrazone groups is 1. The van der Waals surface area contributed by atoms with Gasteiger partial charge in [0.2, 0.25) is 0 Å². The molecule has 2 heterocycles. The minimum atomic E-state index is -0.219. The first kappa shape index (κ1) is 25.3. The minimum Gasteiger partial charge on any atom is -0.272 e. The van der Waals surface area contributed by atoms with E-state index in [0.717, 1.165) is 22.6 Å². The van der Waals surface area contributed by atoms with Crippen LogP contribution in [0.5, 0.6) is 0 Å². The largest absolute Gasteiger partial charge is 0.272 e. The summed E-state index contributed by atoms with van der Waals surface area (Å²) in [6, 6.07) is 20.3. The number of hydrogen-bond acceptors (Lipinski definition) is 6. The highest BCUT2D eigenvalue weighted by molar-refractivity contribution is 7.99. The Morgan fingerprint density at radius 3 is 2.28 bits per heavy atom. The van der Waals surface area contributed by atoms with E-state index in [4.69, 9.17) is 0 Å². The van der Waals surface area contributed by atoms with Gasteiger partial charge in [-0.25, -0.2) is 5.43 Å². The Kier molecular flexibility index (Phi) is 7.64. The predicted molar refractivity (Wildman–Crippen MR) is 146 cm³/mol. The smallest absolute Gasteiger partial charge is 0.250 e. The number of rotatable bonds is 7. The molecule has 0 fully saturated rings. The van der Waals surface area contributed by atoms with Crippen molar-refractivity contribution in [1.82, 2.24) is 25.2 Å². The quantitative estimate of drug-likeness (QED) is 0.205. The zero-order chi connectivity index (χ0) is 25.7. The van der Waals surface area contributed by atoms with Gasteiger partial charge < -0.3 is 0 Å². The Morgan fingerprint density at radius 1 is 0.972 bits per heavy atom. The molecule has 184 valence electrons. The van der Waals surface area contributed by atoms with Crippen LogP contribution in [0.15, 0.2) is 83.3 Å². The number of benzene rings is 2. The molecule has 2 aromatic carbocycles. The summed E-state index contributed by atoms with van der Waals surface area (Å²) in [7, 11) is 0. The Hall–Kier alpha value is -3.78. The highest BCUT2D eigenvalue weighted by Crippen LogP contribution is 2.30. The van der Waals surface area contributed by atoms with Crippen LogP contribution in [-0.2, 0) is 10.2 Å². The van der Waals surface area contributed by atoms with Gasteiger partial charge in [0.1, 0.15) is 0 Å². The van der Waals surface area contributed by atoms with E-state index in [-0.39, 0.29) is 17.1 Å². The van der Waals surface area contributed by atoms with Gasteiger partial charge >= 0.3 is 0 Å². The van der Waals surface area contributed by atoms with Crippen LogP contribution in [0, 0.1) is 6.92 Å². The zero-order valence-corrected chi connectivity index (χ0v) is 22.0. The Bertz CT molecular complexity index is 1350. The van der Waals surface area contributed by atoms with Crippen molar-refractivity contribution in [2.24, 2.45) is 5.10 Å². The summed E-state index contributed by atoms with van der Waals surface area (Å²) in [5, 5.41) is 13.8. The second-order valence-corrected chi connectivity index (χ2v) is 10.5. The number of nitrogens with zero attached hydrogens (tertiary/aromatic N) is 5.